The minimum atomic E-state index is -0.378. The van der Waals surface area contributed by atoms with Gasteiger partial charge in [-0.25, -0.2) is 4.79 Å². The number of benzene rings is 1. The Morgan fingerprint density at radius 3 is 2.52 bits per heavy atom. The average Bonchev–Trinajstić information content (AvgIpc) is 2.40. The molecule has 0 aliphatic carbocycles. The molecule has 0 saturated heterocycles. The van der Waals surface area contributed by atoms with Crippen molar-refractivity contribution >= 4 is 23.3 Å². The van der Waals surface area contributed by atoms with E-state index in [1.54, 1.807) is 24.3 Å². The highest BCUT2D eigenvalue weighted by Gasteiger charge is 2.07. The van der Waals surface area contributed by atoms with Gasteiger partial charge in [-0.1, -0.05) is 11.6 Å². The van der Waals surface area contributed by atoms with Gasteiger partial charge in [0.25, 0.3) is 5.56 Å². The van der Waals surface area contributed by atoms with Crippen molar-refractivity contribution in [1.29, 1.82) is 0 Å². The molecule has 0 fully saturated rings. The number of carbonyl (C=O) groups excluding carboxylic acids is 1. The summed E-state index contributed by atoms with van der Waals surface area (Å²) < 4.78 is 0. The zero-order valence-corrected chi connectivity index (χ0v) is 12.5. The number of aryl methyl sites for hydroxylation is 2. The topological polar surface area (TPSA) is 74.0 Å². The molecule has 2 rings (SSSR count). The number of nitrogens with one attached hydrogen (secondary N) is 3. The first kappa shape index (κ1) is 15.1. The molecule has 3 N–H and O–H groups in total. The molecule has 5 nitrogen and oxygen atoms in total. The van der Waals surface area contributed by atoms with E-state index in [1.165, 1.54) is 0 Å². The Hall–Kier alpha value is -2.27. The van der Waals surface area contributed by atoms with Crippen LogP contribution < -0.4 is 16.2 Å². The Labute approximate surface area is 127 Å². The number of halogens is 1. The summed E-state index contributed by atoms with van der Waals surface area (Å²) in [5.41, 5.74) is 2.65. The van der Waals surface area contributed by atoms with E-state index in [4.69, 9.17) is 11.6 Å². The average molecular weight is 306 g/mol. The molecule has 0 spiro atoms. The Morgan fingerprint density at radius 1 is 1.24 bits per heavy atom. The second kappa shape index (κ2) is 6.45. The zero-order valence-electron chi connectivity index (χ0n) is 11.8. The summed E-state index contributed by atoms with van der Waals surface area (Å²) in [5, 5.41) is 5.93. The summed E-state index contributed by atoms with van der Waals surface area (Å²) in [6, 6.07) is 8.27. The summed E-state index contributed by atoms with van der Waals surface area (Å²) >= 11 is 5.77. The molecule has 2 aromatic rings. The number of hydrogen-bond acceptors (Lipinski definition) is 2. The molecular formula is C15H16ClN3O2. The molecule has 6 heteroatoms. The van der Waals surface area contributed by atoms with Gasteiger partial charge in [-0.2, -0.15) is 0 Å². The minimum absolute atomic E-state index is 0.168. The molecule has 0 aliphatic rings. The van der Waals surface area contributed by atoms with Gasteiger partial charge in [-0.3, -0.25) is 4.79 Å². The van der Waals surface area contributed by atoms with Crippen LogP contribution in [0.4, 0.5) is 10.5 Å². The van der Waals surface area contributed by atoms with E-state index in [0.29, 0.717) is 16.3 Å². The SMILES string of the molecule is Cc1cc(C)c(CNC(=O)Nc2ccc(Cl)cc2)c(=O)[nH]1. The lowest BCUT2D eigenvalue weighted by Crippen LogP contribution is -2.31. The first-order chi connectivity index (χ1) is 9.95. The molecule has 0 unspecified atom stereocenters. The fourth-order valence-corrected chi connectivity index (χ4v) is 2.10. The Kier molecular flexibility index (Phi) is 4.65. The van der Waals surface area contributed by atoms with Gasteiger partial charge >= 0.3 is 6.03 Å². The van der Waals surface area contributed by atoms with Crippen LogP contribution in [-0.4, -0.2) is 11.0 Å². The van der Waals surface area contributed by atoms with E-state index in [9.17, 15) is 9.59 Å². The van der Waals surface area contributed by atoms with E-state index in [1.807, 2.05) is 19.9 Å². The molecule has 0 aliphatic heterocycles. The van der Waals surface area contributed by atoms with Crippen molar-refractivity contribution in [2.75, 3.05) is 5.32 Å². The van der Waals surface area contributed by atoms with E-state index in [-0.39, 0.29) is 18.1 Å². The van der Waals surface area contributed by atoms with Crippen LogP contribution in [0.25, 0.3) is 0 Å². The smallest absolute Gasteiger partial charge is 0.319 e. The van der Waals surface area contributed by atoms with Crippen molar-refractivity contribution in [3.63, 3.8) is 0 Å². The highest BCUT2D eigenvalue weighted by atomic mass is 35.5. The Morgan fingerprint density at radius 2 is 1.90 bits per heavy atom. The molecule has 1 aromatic carbocycles. The largest absolute Gasteiger partial charge is 0.334 e. The number of rotatable bonds is 3. The number of pyridine rings is 1. The predicted octanol–water partition coefficient (Wildman–Crippen LogP) is 2.97. The summed E-state index contributed by atoms with van der Waals surface area (Å²) in [5.74, 6) is 0. The predicted molar refractivity (Wildman–Crippen MR) is 83.8 cm³/mol. The van der Waals surface area contributed by atoms with Gasteiger partial charge in [0.1, 0.15) is 0 Å². The summed E-state index contributed by atoms with van der Waals surface area (Å²) in [7, 11) is 0. The molecule has 1 heterocycles. The van der Waals surface area contributed by atoms with Crippen molar-refractivity contribution in [3.05, 3.63) is 62.5 Å². The van der Waals surface area contributed by atoms with Crippen LogP contribution in [0.2, 0.25) is 5.02 Å². The van der Waals surface area contributed by atoms with E-state index >= 15 is 0 Å². The van der Waals surface area contributed by atoms with Gasteiger partial charge in [0.15, 0.2) is 0 Å². The highest BCUT2D eigenvalue weighted by molar-refractivity contribution is 6.30. The minimum Gasteiger partial charge on any atom is -0.334 e. The van der Waals surface area contributed by atoms with E-state index in [2.05, 4.69) is 15.6 Å². The van der Waals surface area contributed by atoms with E-state index < -0.39 is 0 Å². The fourth-order valence-electron chi connectivity index (χ4n) is 1.98. The van der Waals surface area contributed by atoms with Crippen LogP contribution in [0.5, 0.6) is 0 Å². The van der Waals surface area contributed by atoms with Crippen molar-refractivity contribution < 1.29 is 4.79 Å². The van der Waals surface area contributed by atoms with E-state index in [0.717, 1.165) is 11.3 Å². The van der Waals surface area contributed by atoms with Crippen molar-refractivity contribution in [1.82, 2.24) is 10.3 Å². The number of aromatic amines is 1. The van der Waals surface area contributed by atoms with Crippen LogP contribution in [-0.2, 0) is 6.54 Å². The van der Waals surface area contributed by atoms with Gasteiger partial charge in [0, 0.05) is 22.0 Å². The monoisotopic (exact) mass is 305 g/mol. The number of hydrogen-bond donors (Lipinski definition) is 3. The third-order valence-electron chi connectivity index (χ3n) is 3.02. The molecule has 21 heavy (non-hydrogen) atoms. The molecule has 110 valence electrons. The standard InChI is InChI=1S/C15H16ClN3O2/c1-9-7-10(2)18-14(20)13(9)8-17-15(21)19-12-5-3-11(16)4-6-12/h3-7H,8H2,1-2H3,(H,18,20)(H2,17,19,21). The Balaban J connectivity index is 1.98. The number of amides is 2. The normalized spacial score (nSPS) is 10.2. The van der Waals surface area contributed by atoms with Gasteiger partial charge in [-0.05, 0) is 49.7 Å². The lowest BCUT2D eigenvalue weighted by molar-refractivity contribution is 0.251. The maximum atomic E-state index is 11.8. The third kappa shape index (κ3) is 4.10. The van der Waals surface area contributed by atoms with Gasteiger partial charge in [0.05, 0.1) is 6.54 Å². The number of aromatic nitrogens is 1. The fraction of sp³-hybridized carbons (Fsp3) is 0.200. The summed E-state index contributed by atoms with van der Waals surface area (Å²) in [6.45, 7) is 3.83. The van der Waals surface area contributed by atoms with Crippen molar-refractivity contribution in [2.45, 2.75) is 20.4 Å². The molecule has 0 atom stereocenters. The quantitative estimate of drug-likeness (QED) is 0.815. The molecule has 0 radical (unpaired) electrons. The van der Waals surface area contributed by atoms with Crippen LogP contribution >= 0.6 is 11.6 Å². The maximum Gasteiger partial charge on any atom is 0.319 e. The number of H-pyrrole nitrogens is 1. The summed E-state index contributed by atoms with van der Waals surface area (Å²) in [6.07, 6.45) is 0. The molecule has 1 aromatic heterocycles. The number of carbonyl (C=O) groups is 1. The second-order valence-electron chi connectivity index (χ2n) is 4.76. The first-order valence-electron chi connectivity index (χ1n) is 6.45. The zero-order chi connectivity index (χ0) is 15.4. The van der Waals surface area contributed by atoms with Crippen LogP contribution in [0.3, 0.4) is 0 Å². The number of urea groups is 1. The maximum absolute atomic E-state index is 11.8. The third-order valence-corrected chi connectivity index (χ3v) is 3.27. The van der Waals surface area contributed by atoms with Gasteiger partial charge in [-0.15, -0.1) is 0 Å². The first-order valence-corrected chi connectivity index (χ1v) is 6.83. The number of anilines is 1. The second-order valence-corrected chi connectivity index (χ2v) is 5.19. The van der Waals surface area contributed by atoms with Crippen LogP contribution in [0.15, 0.2) is 35.1 Å². The molecule has 0 bridgehead atoms. The lowest BCUT2D eigenvalue weighted by Gasteiger charge is -2.09. The van der Waals surface area contributed by atoms with Gasteiger partial charge < -0.3 is 15.6 Å². The Bertz CT molecular complexity index is 708. The van der Waals surface area contributed by atoms with Gasteiger partial charge in [0.2, 0.25) is 0 Å². The van der Waals surface area contributed by atoms with Crippen molar-refractivity contribution in [3.8, 4) is 0 Å². The van der Waals surface area contributed by atoms with Crippen LogP contribution in [0.1, 0.15) is 16.8 Å². The summed E-state index contributed by atoms with van der Waals surface area (Å²) in [4.78, 5) is 26.3. The molecule has 0 saturated carbocycles. The highest BCUT2D eigenvalue weighted by Crippen LogP contribution is 2.13. The lowest BCUT2D eigenvalue weighted by atomic mass is 10.1. The molecular weight excluding hydrogens is 290 g/mol. The van der Waals surface area contributed by atoms with Crippen molar-refractivity contribution in [2.24, 2.45) is 0 Å². The van der Waals surface area contributed by atoms with Crippen LogP contribution in [0, 0.1) is 13.8 Å². The molecule has 2 amide bonds.